The largest absolute Gasteiger partial charge is 0.466 e. The third kappa shape index (κ3) is 43.2. The van der Waals surface area contributed by atoms with Gasteiger partial charge < -0.3 is 19.5 Å². The van der Waals surface area contributed by atoms with E-state index < -0.39 is 10.6 Å². The van der Waals surface area contributed by atoms with Crippen molar-refractivity contribution in [3.63, 3.8) is 0 Å². The van der Waals surface area contributed by atoms with Crippen LogP contribution in [0.1, 0.15) is 226 Å². The molecule has 346 valence electrons. The van der Waals surface area contributed by atoms with Gasteiger partial charge in [0.15, 0.2) is 6.29 Å². The number of unbranched alkanes of at least 4 members (excludes halogenated alkanes) is 22. The molecule has 0 amide bonds. The van der Waals surface area contributed by atoms with E-state index in [4.69, 9.17) is 17.8 Å². The molecule has 0 aliphatic heterocycles. The summed E-state index contributed by atoms with van der Waals surface area (Å²) >= 11 is 0. The third-order valence-corrected chi connectivity index (χ3v) is 12.2. The number of aliphatic hydroxyl groups is 1. The molecule has 0 radical (unpaired) electrons. The number of allylic oxidation sites excluding steroid dienone is 4. The number of nitrogens with zero attached hydrogens (tertiary/aromatic N) is 1. The first-order valence-corrected chi connectivity index (χ1v) is 27.1. The minimum absolute atomic E-state index is 0.0412. The van der Waals surface area contributed by atoms with E-state index in [0.29, 0.717) is 13.0 Å². The fourth-order valence-electron chi connectivity index (χ4n) is 7.07. The summed E-state index contributed by atoms with van der Waals surface area (Å²) in [6.45, 7) is 12.2. The molecule has 7 nitrogen and oxygen atoms in total. The number of carbonyl (C=O) groups is 1. The molecule has 0 heterocycles. The monoisotopic (exact) mass is 842 g/mol. The van der Waals surface area contributed by atoms with Crippen LogP contribution in [0.15, 0.2) is 24.3 Å². The van der Waals surface area contributed by atoms with Crippen LogP contribution in [-0.2, 0) is 22.6 Å². The summed E-state index contributed by atoms with van der Waals surface area (Å²) in [7, 11) is -1.63. The molecule has 58 heavy (non-hydrogen) atoms. The molecule has 0 bridgehead atoms. The van der Waals surface area contributed by atoms with Crippen molar-refractivity contribution in [3.8, 4) is 0 Å². The van der Waals surface area contributed by atoms with E-state index in [1.807, 2.05) is 0 Å². The highest BCUT2D eigenvalue weighted by molar-refractivity contribution is 8.24. The summed E-state index contributed by atoms with van der Waals surface area (Å²) in [5.74, 6) is -0.0412. The Bertz CT molecular complexity index is 899. The van der Waals surface area contributed by atoms with Crippen molar-refractivity contribution in [1.82, 2.24) is 4.90 Å². The molecule has 0 aromatic carbocycles. The summed E-state index contributed by atoms with van der Waals surface area (Å²) in [5, 5.41) is 9.31. The lowest BCUT2D eigenvalue weighted by Gasteiger charge is -2.38. The van der Waals surface area contributed by atoms with Gasteiger partial charge in [-0.1, -0.05) is 148 Å². The molecule has 8 heteroatoms. The summed E-state index contributed by atoms with van der Waals surface area (Å²) in [6.07, 6.45) is 50.1. The molecule has 0 spiro atoms. The maximum absolute atomic E-state index is 12.3. The van der Waals surface area contributed by atoms with E-state index in [1.54, 1.807) is 0 Å². The quantitative estimate of drug-likeness (QED) is 0.0283. The van der Waals surface area contributed by atoms with Crippen LogP contribution in [0.25, 0.3) is 0 Å². The average Bonchev–Trinajstić information content (AvgIpc) is 3.20. The van der Waals surface area contributed by atoms with Gasteiger partial charge in [0.25, 0.3) is 0 Å². The van der Waals surface area contributed by atoms with E-state index >= 15 is 0 Å². The Morgan fingerprint density at radius 3 is 1.69 bits per heavy atom. The minimum Gasteiger partial charge on any atom is -0.466 e. The predicted octanol–water partition coefficient (Wildman–Crippen LogP) is 14.7. The highest BCUT2D eigenvalue weighted by atomic mass is 32.3. The van der Waals surface area contributed by atoms with Gasteiger partial charge >= 0.3 is 5.97 Å². The maximum Gasteiger partial charge on any atom is 0.305 e. The van der Waals surface area contributed by atoms with Crippen LogP contribution in [0, 0.1) is 0 Å². The van der Waals surface area contributed by atoms with E-state index in [0.717, 1.165) is 116 Å². The summed E-state index contributed by atoms with van der Waals surface area (Å²) in [4.78, 5) is 14.8. The van der Waals surface area contributed by atoms with Crippen molar-refractivity contribution < 1.29 is 27.7 Å². The van der Waals surface area contributed by atoms with Crippen molar-refractivity contribution in [2.24, 2.45) is 0 Å². The van der Waals surface area contributed by atoms with E-state index in [1.165, 1.54) is 116 Å². The smallest absolute Gasteiger partial charge is 0.305 e. The van der Waals surface area contributed by atoms with Gasteiger partial charge in [-0.25, -0.2) is 0 Å². The van der Waals surface area contributed by atoms with Gasteiger partial charge in [-0.2, -0.15) is 10.6 Å². The number of rotatable bonds is 47. The molecule has 0 aromatic rings. The van der Waals surface area contributed by atoms with Gasteiger partial charge in [-0.3, -0.25) is 13.2 Å². The fourth-order valence-corrected chi connectivity index (χ4v) is 8.31. The van der Waals surface area contributed by atoms with Gasteiger partial charge in [-0.05, 0) is 110 Å². The second-order valence-electron chi connectivity index (χ2n) is 16.9. The van der Waals surface area contributed by atoms with Crippen LogP contribution in [0.2, 0.25) is 0 Å². The van der Waals surface area contributed by atoms with Crippen LogP contribution in [0.5, 0.6) is 0 Å². The molecule has 0 saturated carbocycles. The van der Waals surface area contributed by atoms with Gasteiger partial charge in [-0.15, -0.1) is 0 Å². The normalized spacial score (nSPS) is 13.1. The molecule has 1 atom stereocenters. The number of esters is 1. The van der Waals surface area contributed by atoms with Gasteiger partial charge in [0.05, 0.1) is 13.2 Å². The molecule has 0 rings (SSSR count). The number of ether oxygens (including phenoxy) is 2. The van der Waals surface area contributed by atoms with Crippen molar-refractivity contribution in [2.45, 2.75) is 233 Å². The first-order valence-electron chi connectivity index (χ1n) is 24.8. The van der Waals surface area contributed by atoms with E-state index in [2.05, 4.69) is 62.5 Å². The first kappa shape index (κ1) is 57.1. The zero-order chi connectivity index (χ0) is 42.5. The fraction of sp³-hybridized carbons (Fsp3) is 0.900. The second kappa shape index (κ2) is 45.6. The lowest BCUT2D eigenvalue weighted by molar-refractivity contribution is -0.143. The molecule has 0 aliphatic carbocycles. The van der Waals surface area contributed by atoms with Gasteiger partial charge in [0.2, 0.25) is 0 Å². The van der Waals surface area contributed by atoms with Gasteiger partial charge in [0.1, 0.15) is 0 Å². The van der Waals surface area contributed by atoms with Crippen molar-refractivity contribution >= 4 is 16.6 Å². The van der Waals surface area contributed by atoms with E-state index in [9.17, 15) is 9.90 Å². The van der Waals surface area contributed by atoms with Crippen LogP contribution in [0.3, 0.4) is 0 Å². The van der Waals surface area contributed by atoms with Crippen LogP contribution >= 0.6 is 10.6 Å². The van der Waals surface area contributed by atoms with Crippen LogP contribution in [0.4, 0.5) is 0 Å². The summed E-state index contributed by atoms with van der Waals surface area (Å²) in [6, 6.07) is 0. The lowest BCUT2D eigenvalue weighted by Crippen LogP contribution is -2.27. The molecule has 0 fully saturated rings. The summed E-state index contributed by atoms with van der Waals surface area (Å²) < 4.78 is 24.7. The van der Waals surface area contributed by atoms with Crippen molar-refractivity contribution in [1.29, 1.82) is 0 Å². The lowest BCUT2D eigenvalue weighted by atomic mass is 10.1. The SMILES string of the molecule is CCCCC/C=C\C/C=C\CCCCCCCC(=O)OCCCCN(CCCCO)CCCCCCOS(C)(C)OC(CCCCCCC)OCCCCCCCC. The Morgan fingerprint density at radius 2 is 1.03 bits per heavy atom. The topological polar surface area (TPSA) is 77.5 Å². The maximum atomic E-state index is 12.3. The second-order valence-corrected chi connectivity index (χ2v) is 19.6. The standard InChI is InChI=1S/C50H99NO6S/c1-6-9-12-15-17-18-19-20-21-22-23-24-25-27-31-40-49(53)54-46-39-35-44-51(43-34-36-45-52)42-33-28-30-38-48-56-58(4,5)57-50(41-32-26-14-11-8-3)55-47-37-29-16-13-10-7-2/h17-18,20-21,50,52H,6-16,19,22-48H2,1-5H3/b18-17-,21-20-. The van der Waals surface area contributed by atoms with Gasteiger partial charge in [0, 0.05) is 38.6 Å². The minimum atomic E-state index is -1.63. The highest BCUT2D eigenvalue weighted by Gasteiger charge is 2.18. The molecular weight excluding hydrogens is 743 g/mol. The highest BCUT2D eigenvalue weighted by Crippen LogP contribution is 2.44. The predicted molar refractivity (Wildman–Crippen MR) is 254 cm³/mol. The zero-order valence-corrected chi connectivity index (χ0v) is 40.1. The molecule has 1 unspecified atom stereocenters. The number of carbonyl (C=O) groups excluding carboxylic acids is 1. The molecular formula is C50H99NO6S. The zero-order valence-electron chi connectivity index (χ0n) is 39.3. The first-order chi connectivity index (χ1) is 28.4. The Labute approximate surface area is 363 Å². The van der Waals surface area contributed by atoms with Crippen LogP contribution < -0.4 is 0 Å². The molecule has 1 N–H and O–H groups in total. The Balaban J connectivity index is 4.16. The molecule has 0 saturated heterocycles. The molecule has 0 aliphatic rings. The van der Waals surface area contributed by atoms with Crippen molar-refractivity contribution in [3.05, 3.63) is 24.3 Å². The number of hydrogen-bond donors (Lipinski definition) is 1. The Morgan fingerprint density at radius 1 is 0.552 bits per heavy atom. The number of aliphatic hydroxyl groups excluding tert-OH is 1. The molecule has 0 aromatic heterocycles. The van der Waals surface area contributed by atoms with Crippen LogP contribution in [-0.4, -0.2) is 80.8 Å². The summed E-state index contributed by atoms with van der Waals surface area (Å²) in [5.41, 5.74) is 0. The Kier molecular flexibility index (Phi) is 44.9. The average molecular weight is 842 g/mol. The Hall–Kier alpha value is -0.900. The van der Waals surface area contributed by atoms with Crippen molar-refractivity contribution in [2.75, 3.05) is 58.6 Å². The third-order valence-electron chi connectivity index (χ3n) is 10.8. The van der Waals surface area contributed by atoms with E-state index in [-0.39, 0.29) is 18.9 Å². The number of hydrogen-bond acceptors (Lipinski definition) is 7.